The first kappa shape index (κ1) is 15.1. The zero-order chi connectivity index (χ0) is 15.4. The molecule has 21 heavy (non-hydrogen) atoms. The summed E-state index contributed by atoms with van der Waals surface area (Å²) in [5.74, 6) is 1.34. The normalized spacial score (nSPS) is 12.0. The first-order valence-corrected chi connectivity index (χ1v) is 6.66. The van der Waals surface area contributed by atoms with Crippen LogP contribution in [-0.4, -0.2) is 24.0 Å². The van der Waals surface area contributed by atoms with E-state index in [2.05, 4.69) is 5.10 Å². The lowest BCUT2D eigenvalue weighted by molar-refractivity contribution is 0.396. The van der Waals surface area contributed by atoms with Gasteiger partial charge in [-0.3, -0.25) is 4.79 Å². The van der Waals surface area contributed by atoms with Crippen molar-refractivity contribution in [3.05, 3.63) is 51.9 Å². The van der Waals surface area contributed by atoms with Crippen LogP contribution >= 0.6 is 0 Å². The Balaban J connectivity index is 2.48. The lowest BCUT2D eigenvalue weighted by Crippen LogP contribution is -2.25. The molecule has 1 heterocycles. The van der Waals surface area contributed by atoms with E-state index in [0.717, 1.165) is 5.56 Å². The van der Waals surface area contributed by atoms with Gasteiger partial charge in [-0.1, -0.05) is 0 Å². The van der Waals surface area contributed by atoms with Gasteiger partial charge >= 0.3 is 0 Å². The molecule has 2 aromatic rings. The van der Waals surface area contributed by atoms with Gasteiger partial charge in [-0.05, 0) is 31.2 Å². The molecule has 0 aliphatic heterocycles. The SMILES string of the molecule is CCn1nc(C(N)c2cc(OC)ccc2OC)ccc1=O. The molecule has 0 aliphatic rings. The van der Waals surface area contributed by atoms with Crippen LogP contribution in [-0.2, 0) is 6.54 Å². The van der Waals surface area contributed by atoms with Gasteiger partial charge in [0.05, 0.1) is 26.0 Å². The Hall–Kier alpha value is -2.34. The average molecular weight is 289 g/mol. The predicted molar refractivity (Wildman–Crippen MR) is 79.7 cm³/mol. The van der Waals surface area contributed by atoms with Gasteiger partial charge in [0.1, 0.15) is 11.5 Å². The molecule has 1 atom stereocenters. The quantitative estimate of drug-likeness (QED) is 0.898. The number of hydrogen-bond acceptors (Lipinski definition) is 5. The Morgan fingerprint density at radius 2 is 2.00 bits per heavy atom. The van der Waals surface area contributed by atoms with Crippen molar-refractivity contribution in [3.63, 3.8) is 0 Å². The first-order chi connectivity index (χ1) is 10.1. The summed E-state index contributed by atoms with van der Waals surface area (Å²) in [5.41, 5.74) is 7.48. The van der Waals surface area contributed by atoms with Crippen molar-refractivity contribution in [2.45, 2.75) is 19.5 Å². The minimum Gasteiger partial charge on any atom is -0.497 e. The molecule has 0 aliphatic carbocycles. The van der Waals surface area contributed by atoms with Crippen molar-refractivity contribution in [3.8, 4) is 11.5 Å². The second-order valence-corrected chi connectivity index (χ2v) is 4.50. The molecule has 2 rings (SSSR count). The van der Waals surface area contributed by atoms with Crippen molar-refractivity contribution in [1.29, 1.82) is 0 Å². The van der Waals surface area contributed by atoms with Crippen molar-refractivity contribution in [1.82, 2.24) is 9.78 Å². The first-order valence-electron chi connectivity index (χ1n) is 6.66. The van der Waals surface area contributed by atoms with E-state index in [9.17, 15) is 4.79 Å². The molecular formula is C15H19N3O3. The molecule has 0 amide bonds. The zero-order valence-electron chi connectivity index (χ0n) is 12.4. The number of aromatic nitrogens is 2. The summed E-state index contributed by atoms with van der Waals surface area (Å²) in [6.45, 7) is 2.35. The van der Waals surface area contributed by atoms with E-state index in [-0.39, 0.29) is 5.56 Å². The molecule has 6 heteroatoms. The van der Waals surface area contributed by atoms with Gasteiger partial charge in [0.25, 0.3) is 5.56 Å². The molecule has 1 aromatic carbocycles. The highest BCUT2D eigenvalue weighted by Crippen LogP contribution is 2.30. The molecule has 2 N–H and O–H groups in total. The zero-order valence-corrected chi connectivity index (χ0v) is 12.4. The second-order valence-electron chi connectivity index (χ2n) is 4.50. The number of methoxy groups -OCH3 is 2. The monoisotopic (exact) mass is 289 g/mol. The summed E-state index contributed by atoms with van der Waals surface area (Å²) in [7, 11) is 3.17. The molecule has 0 fully saturated rings. The smallest absolute Gasteiger partial charge is 0.266 e. The maximum atomic E-state index is 11.6. The van der Waals surface area contributed by atoms with E-state index in [4.69, 9.17) is 15.2 Å². The summed E-state index contributed by atoms with van der Waals surface area (Å²) < 4.78 is 11.9. The number of nitrogens with zero attached hydrogens (tertiary/aromatic N) is 2. The fourth-order valence-electron chi connectivity index (χ4n) is 2.10. The molecule has 0 bridgehead atoms. The highest BCUT2D eigenvalue weighted by molar-refractivity contribution is 5.44. The minimum atomic E-state index is -0.506. The Bertz CT molecular complexity index is 682. The van der Waals surface area contributed by atoms with Crippen molar-refractivity contribution in [2.75, 3.05) is 14.2 Å². The van der Waals surface area contributed by atoms with Crippen LogP contribution in [0.3, 0.4) is 0 Å². The van der Waals surface area contributed by atoms with Gasteiger partial charge in [-0.15, -0.1) is 0 Å². The maximum absolute atomic E-state index is 11.6. The summed E-state index contributed by atoms with van der Waals surface area (Å²) in [6, 6.07) is 8.01. The van der Waals surface area contributed by atoms with Crippen molar-refractivity contribution < 1.29 is 9.47 Å². The van der Waals surface area contributed by atoms with Crippen LogP contribution in [0.5, 0.6) is 11.5 Å². The molecule has 6 nitrogen and oxygen atoms in total. The van der Waals surface area contributed by atoms with Gasteiger partial charge < -0.3 is 15.2 Å². The number of nitrogens with two attached hydrogens (primary N) is 1. The number of rotatable bonds is 5. The van der Waals surface area contributed by atoms with Crippen LogP contribution in [0.2, 0.25) is 0 Å². The van der Waals surface area contributed by atoms with Crippen LogP contribution < -0.4 is 20.8 Å². The largest absolute Gasteiger partial charge is 0.497 e. The molecule has 0 radical (unpaired) electrons. The van der Waals surface area contributed by atoms with Crippen LogP contribution in [0, 0.1) is 0 Å². The fourth-order valence-corrected chi connectivity index (χ4v) is 2.10. The molecule has 1 unspecified atom stereocenters. The van der Waals surface area contributed by atoms with Crippen molar-refractivity contribution in [2.24, 2.45) is 5.73 Å². The predicted octanol–water partition coefficient (Wildman–Crippen LogP) is 1.33. The summed E-state index contributed by atoms with van der Waals surface area (Å²) in [6.07, 6.45) is 0. The molecule has 0 saturated carbocycles. The highest BCUT2D eigenvalue weighted by atomic mass is 16.5. The fraction of sp³-hybridized carbons (Fsp3) is 0.333. The molecule has 112 valence electrons. The van der Waals surface area contributed by atoms with Gasteiger partial charge in [0, 0.05) is 18.2 Å². The number of benzene rings is 1. The number of ether oxygens (including phenoxy) is 2. The summed E-state index contributed by atoms with van der Waals surface area (Å²) in [4.78, 5) is 11.6. The topological polar surface area (TPSA) is 79.4 Å². The van der Waals surface area contributed by atoms with Gasteiger partial charge in [0.2, 0.25) is 0 Å². The van der Waals surface area contributed by atoms with Crippen LogP contribution in [0.1, 0.15) is 24.2 Å². The Labute approximate surface area is 123 Å². The van der Waals surface area contributed by atoms with Gasteiger partial charge in [-0.25, -0.2) is 4.68 Å². The van der Waals surface area contributed by atoms with Crippen LogP contribution in [0.25, 0.3) is 0 Å². The van der Waals surface area contributed by atoms with E-state index in [1.54, 1.807) is 32.4 Å². The second kappa shape index (κ2) is 6.41. The number of aryl methyl sites for hydroxylation is 1. The maximum Gasteiger partial charge on any atom is 0.266 e. The molecule has 0 saturated heterocycles. The minimum absolute atomic E-state index is 0.147. The van der Waals surface area contributed by atoms with E-state index in [1.165, 1.54) is 10.7 Å². The lowest BCUT2D eigenvalue weighted by Gasteiger charge is -2.17. The van der Waals surface area contributed by atoms with Crippen molar-refractivity contribution >= 4 is 0 Å². The van der Waals surface area contributed by atoms with Gasteiger partial charge in [-0.2, -0.15) is 5.10 Å². The highest BCUT2D eigenvalue weighted by Gasteiger charge is 2.17. The lowest BCUT2D eigenvalue weighted by atomic mass is 10.0. The molecule has 0 spiro atoms. The molecule has 1 aromatic heterocycles. The van der Waals surface area contributed by atoms with E-state index < -0.39 is 6.04 Å². The third-order valence-electron chi connectivity index (χ3n) is 3.28. The number of hydrogen-bond donors (Lipinski definition) is 1. The third-order valence-corrected chi connectivity index (χ3v) is 3.28. The Morgan fingerprint density at radius 3 is 2.62 bits per heavy atom. The third kappa shape index (κ3) is 3.05. The summed E-state index contributed by atoms with van der Waals surface area (Å²) >= 11 is 0. The standard InChI is InChI=1S/C15H19N3O3/c1-4-18-14(19)8-6-12(17-18)15(16)11-9-10(20-2)5-7-13(11)21-3/h5-9,15H,4,16H2,1-3H3. The van der Waals surface area contributed by atoms with E-state index in [1.807, 2.05) is 13.0 Å². The van der Waals surface area contributed by atoms with E-state index in [0.29, 0.717) is 23.7 Å². The van der Waals surface area contributed by atoms with Crippen LogP contribution in [0.15, 0.2) is 35.1 Å². The Morgan fingerprint density at radius 1 is 1.24 bits per heavy atom. The summed E-state index contributed by atoms with van der Waals surface area (Å²) in [5, 5.41) is 4.28. The Kier molecular flexibility index (Phi) is 4.59. The molecular weight excluding hydrogens is 270 g/mol. The van der Waals surface area contributed by atoms with E-state index >= 15 is 0 Å². The average Bonchev–Trinajstić information content (AvgIpc) is 2.54. The van der Waals surface area contributed by atoms with Crippen LogP contribution in [0.4, 0.5) is 0 Å². The van der Waals surface area contributed by atoms with Gasteiger partial charge in [0.15, 0.2) is 0 Å².